The standard InChI is InChI=1S/C66H90N14O16S2/c1-3-4-6-23-52(82)72-49-37-98-35-42-18-9-17-41(29-42)34-97-36-48(61(92)76-47(32-54(85)86)58(89)71-33-40-16-10-19-43(30-40)57(88)73-44(56(67)87)20-11-26-70-66(68)69)77-60(91)46(31-39-14-7-5-8-15-39)75-59(90)45(24-25-53(83)84)74-63(94)55(38(2)81)78-62(93)50-21-12-27-79(50)65(96)51-22-13-28-80(51)64(49)95/h5,7-10,14-19,29-30,38,44-51,55,81H,3-4,6,11-13,20-28,31-37H2,1-2H3,(H2,67,87)(H,71,89)(H,72,82)(H,73,88)(H,74,94)(H,75,90)(H,76,92)(H,77,91)(H,78,93)(H,83,84)(H,85,86)(H4,68,69,70)/t38-,44+,45+,46+,47+,48+,49+,50+,51+,55+/m1/s1. The molecule has 3 aromatic rings. The molecule has 30 nitrogen and oxygen atoms in total. The van der Waals surface area contributed by atoms with Crippen molar-refractivity contribution in [2.45, 2.75) is 182 Å². The van der Waals surface area contributed by atoms with Gasteiger partial charge < -0.3 is 84.9 Å². The summed E-state index contributed by atoms with van der Waals surface area (Å²) >= 11 is 2.52. The maximum absolute atomic E-state index is 14.9. The molecule has 6 rings (SSSR count). The molecule has 0 saturated carbocycles. The van der Waals surface area contributed by atoms with Crippen molar-refractivity contribution >= 4 is 106 Å². The van der Waals surface area contributed by atoms with Crippen LogP contribution in [0, 0.1) is 0 Å². The minimum absolute atomic E-state index is 0.0700. The average Bonchev–Trinajstić information content (AvgIpc) is 1.71. The fourth-order valence-corrected chi connectivity index (χ4v) is 13.4. The van der Waals surface area contributed by atoms with Crippen molar-refractivity contribution in [3.63, 3.8) is 0 Å². The highest BCUT2D eigenvalue weighted by Crippen LogP contribution is 2.28. The van der Waals surface area contributed by atoms with E-state index in [4.69, 9.17) is 17.2 Å². The Kier molecular flexibility index (Phi) is 31.1. The van der Waals surface area contributed by atoms with Crippen LogP contribution in [-0.2, 0) is 82.0 Å². The second-order valence-electron chi connectivity index (χ2n) is 24.3. The van der Waals surface area contributed by atoms with Gasteiger partial charge in [-0.05, 0) is 92.7 Å². The molecule has 0 spiro atoms. The van der Waals surface area contributed by atoms with Crippen molar-refractivity contribution in [3.05, 3.63) is 107 Å². The molecule has 3 heterocycles. The fraction of sp³-hybridized carbons (Fsp3) is 0.515. The average molecular weight is 1400 g/mol. The number of aliphatic hydroxyl groups is 1. The van der Waals surface area contributed by atoms with Gasteiger partial charge in [0.1, 0.15) is 54.4 Å². The van der Waals surface area contributed by atoms with E-state index in [-0.39, 0.29) is 93.0 Å². The molecule has 98 heavy (non-hydrogen) atoms. The van der Waals surface area contributed by atoms with E-state index in [1.54, 1.807) is 42.5 Å². The Morgan fingerprint density at radius 2 is 1.32 bits per heavy atom. The molecule has 2 fully saturated rings. The molecule has 11 amide bonds. The van der Waals surface area contributed by atoms with Gasteiger partial charge in [0.15, 0.2) is 5.96 Å². The van der Waals surface area contributed by atoms with E-state index in [2.05, 4.69) is 47.5 Å². The number of carboxylic acid groups (broad SMARTS) is 2. The zero-order valence-electron chi connectivity index (χ0n) is 54.9. The van der Waals surface area contributed by atoms with Crippen molar-refractivity contribution < 1.29 is 77.6 Å². The molecule has 0 radical (unpaired) electrons. The van der Waals surface area contributed by atoms with Crippen molar-refractivity contribution in [2.24, 2.45) is 22.2 Å². The highest BCUT2D eigenvalue weighted by Gasteiger charge is 2.45. The summed E-state index contributed by atoms with van der Waals surface area (Å²) in [5.74, 6) is -11.5. The molecule has 10 atom stereocenters. The minimum atomic E-state index is -1.79. The van der Waals surface area contributed by atoms with Crippen molar-refractivity contribution in [1.29, 1.82) is 0 Å². The predicted octanol–water partition coefficient (Wildman–Crippen LogP) is -0.446. The number of nitrogens with one attached hydrogen (secondary N) is 8. The van der Waals surface area contributed by atoms with E-state index < -0.39 is 151 Å². The van der Waals surface area contributed by atoms with Crippen LogP contribution in [0.4, 0.5) is 0 Å². The summed E-state index contributed by atoms with van der Waals surface area (Å²) in [4.78, 5) is 186. The van der Waals surface area contributed by atoms with E-state index >= 15 is 0 Å². The second-order valence-corrected chi connectivity index (χ2v) is 26.4. The second kappa shape index (κ2) is 39.2. The molecule has 0 aliphatic carbocycles. The lowest BCUT2D eigenvalue weighted by atomic mass is 10.0. The highest BCUT2D eigenvalue weighted by atomic mass is 32.2. The number of rotatable bonds is 25. The third kappa shape index (κ3) is 24.7. The number of amides is 11. The minimum Gasteiger partial charge on any atom is -0.481 e. The van der Waals surface area contributed by atoms with Crippen LogP contribution >= 0.6 is 23.5 Å². The number of nitrogens with two attached hydrogens (primary N) is 3. The van der Waals surface area contributed by atoms with Crippen LogP contribution in [0.25, 0.3) is 0 Å². The monoisotopic (exact) mass is 1400 g/mol. The first kappa shape index (κ1) is 77.7. The van der Waals surface area contributed by atoms with E-state index in [1.165, 1.54) is 46.7 Å². The van der Waals surface area contributed by atoms with Gasteiger partial charge in [-0.3, -0.25) is 67.3 Å². The van der Waals surface area contributed by atoms with Crippen LogP contribution in [0.5, 0.6) is 0 Å². The number of unbranched alkanes of at least 4 members (excludes halogenated alkanes) is 2. The predicted molar refractivity (Wildman–Crippen MR) is 364 cm³/mol. The molecule has 3 aliphatic heterocycles. The van der Waals surface area contributed by atoms with E-state index in [0.29, 0.717) is 42.6 Å². The van der Waals surface area contributed by atoms with Crippen molar-refractivity contribution in [1.82, 2.24) is 52.3 Å². The van der Waals surface area contributed by atoms with Gasteiger partial charge in [-0.15, -0.1) is 0 Å². The number of hydrogen-bond acceptors (Lipinski definition) is 17. The summed E-state index contributed by atoms with van der Waals surface area (Å²) < 4.78 is 0. The van der Waals surface area contributed by atoms with Crippen LogP contribution in [0.15, 0.2) is 83.9 Å². The molecule has 3 aromatic carbocycles. The number of nitrogens with zero attached hydrogens (tertiary/aromatic N) is 3. The largest absolute Gasteiger partial charge is 0.481 e. The van der Waals surface area contributed by atoms with E-state index in [0.717, 1.165) is 35.7 Å². The van der Waals surface area contributed by atoms with Gasteiger partial charge in [-0.25, -0.2) is 0 Å². The Morgan fingerprint density at radius 1 is 0.673 bits per heavy atom. The maximum Gasteiger partial charge on any atom is 0.305 e. The van der Waals surface area contributed by atoms with Crippen molar-refractivity contribution in [3.8, 4) is 0 Å². The number of carbonyl (C=O) groups excluding carboxylic acids is 11. The van der Waals surface area contributed by atoms with E-state index in [1.807, 2.05) is 25.1 Å². The lowest BCUT2D eigenvalue weighted by Gasteiger charge is -2.33. The third-order valence-corrected chi connectivity index (χ3v) is 18.8. The maximum atomic E-state index is 14.9. The Balaban J connectivity index is 1.32. The van der Waals surface area contributed by atoms with Crippen molar-refractivity contribution in [2.75, 3.05) is 31.1 Å². The number of aliphatic hydroxyl groups excluding tert-OH is 1. The molecule has 2 saturated heterocycles. The summed E-state index contributed by atoms with van der Waals surface area (Å²) in [5.41, 5.74) is 18.8. The van der Waals surface area contributed by atoms with Gasteiger partial charge in [-0.2, -0.15) is 23.5 Å². The number of hydrogen-bond donors (Lipinski definition) is 14. The smallest absolute Gasteiger partial charge is 0.305 e. The number of benzene rings is 3. The number of aliphatic carboxylic acids is 2. The number of carbonyl (C=O) groups is 13. The summed E-state index contributed by atoms with van der Waals surface area (Å²) in [5, 5.41) is 51.7. The molecular formula is C66H90N14O16S2. The van der Waals surface area contributed by atoms with Crippen LogP contribution in [0.3, 0.4) is 0 Å². The fourth-order valence-electron chi connectivity index (χ4n) is 11.4. The summed E-state index contributed by atoms with van der Waals surface area (Å²) in [6, 6.07) is 8.74. The molecule has 532 valence electrons. The molecule has 32 heteroatoms. The van der Waals surface area contributed by atoms with Crippen LogP contribution in [0.1, 0.15) is 130 Å². The lowest BCUT2D eigenvalue weighted by Crippen LogP contribution is -2.62. The number of fused-ring (bicyclic) bond motifs is 4. The van der Waals surface area contributed by atoms with Gasteiger partial charge in [0.2, 0.25) is 59.1 Å². The normalized spacial score (nSPS) is 21.7. The Morgan fingerprint density at radius 3 is 1.97 bits per heavy atom. The Hall–Kier alpha value is -9.30. The first-order valence-corrected chi connectivity index (χ1v) is 35.0. The Labute approximate surface area is 576 Å². The van der Waals surface area contributed by atoms with Gasteiger partial charge in [0.05, 0.1) is 12.5 Å². The first-order chi connectivity index (χ1) is 46.8. The molecule has 17 N–H and O–H groups in total. The number of guanidine groups is 1. The summed E-state index contributed by atoms with van der Waals surface area (Å²) in [6.07, 6.45) is -0.0823. The highest BCUT2D eigenvalue weighted by molar-refractivity contribution is 7.98. The molecule has 0 unspecified atom stereocenters. The first-order valence-electron chi connectivity index (χ1n) is 32.7. The Bertz CT molecular complexity index is 3360. The third-order valence-electron chi connectivity index (χ3n) is 16.6. The van der Waals surface area contributed by atoms with Gasteiger partial charge in [0.25, 0.3) is 5.91 Å². The number of primary amides is 1. The van der Waals surface area contributed by atoms with Crippen LogP contribution in [-0.4, -0.2) is 200 Å². The summed E-state index contributed by atoms with van der Waals surface area (Å²) in [6.45, 7) is 3.37. The molecule has 0 aromatic heterocycles. The number of thioether (sulfide) groups is 2. The van der Waals surface area contributed by atoms with Gasteiger partial charge in [0, 0.05) is 74.0 Å². The zero-order chi connectivity index (χ0) is 71.4. The quantitative estimate of drug-likeness (QED) is 0.0290. The SMILES string of the molecule is CCCCCC(=O)N[C@H]1CSCc2cccc(c2)CSC[C@@H](C(=O)N[C@@H](CC(=O)O)C(=O)NCc2cccc(C(=O)N[C@@H](CCCN=C(N)N)C(N)=O)c2)NC(=O)[C@H](Cc2ccccc2)NC(=O)[C@H](CCC(=O)O)NC(=O)[C@H]([C@@H](C)O)NC(=O)[C@@H]2CCCN2C(=O)[C@@H]2CCCN2C1=O. The number of carboxylic acids is 2. The van der Waals surface area contributed by atoms with Crippen LogP contribution in [0.2, 0.25) is 0 Å². The van der Waals surface area contributed by atoms with Crippen LogP contribution < -0.4 is 59.7 Å². The lowest BCUT2D eigenvalue weighted by molar-refractivity contribution is -0.148. The molecule has 2 bridgehead atoms. The topological polar surface area (TPSA) is 476 Å². The van der Waals surface area contributed by atoms with Gasteiger partial charge >= 0.3 is 11.9 Å². The number of aliphatic imine (C=N–C) groups is 1. The van der Waals surface area contributed by atoms with E-state index in [9.17, 15) is 77.6 Å². The molecular weight excluding hydrogens is 1310 g/mol. The summed E-state index contributed by atoms with van der Waals surface area (Å²) in [7, 11) is 0. The molecule has 3 aliphatic rings. The zero-order valence-corrected chi connectivity index (χ0v) is 56.5. The van der Waals surface area contributed by atoms with Gasteiger partial charge in [-0.1, -0.05) is 86.5 Å².